The highest BCUT2D eigenvalue weighted by molar-refractivity contribution is 6.42. The minimum Gasteiger partial charge on any atom is -0.455 e. The fourth-order valence-corrected chi connectivity index (χ4v) is 4.84. The molecule has 1 fully saturated rings. The van der Waals surface area contributed by atoms with E-state index in [9.17, 15) is 18.4 Å². The van der Waals surface area contributed by atoms with Crippen molar-refractivity contribution in [2.75, 3.05) is 20.1 Å². The number of hydrogen-bond acceptors (Lipinski definition) is 5. The topological polar surface area (TPSA) is 95.4 Å². The van der Waals surface area contributed by atoms with Crippen molar-refractivity contribution < 1.29 is 23.1 Å². The van der Waals surface area contributed by atoms with Crippen molar-refractivity contribution in [1.29, 1.82) is 0 Å². The molecule has 0 spiro atoms. The van der Waals surface area contributed by atoms with Crippen LogP contribution >= 0.6 is 0 Å². The van der Waals surface area contributed by atoms with E-state index in [4.69, 9.17) is 4.74 Å². The summed E-state index contributed by atoms with van der Waals surface area (Å²) in [5.74, 6) is -2.08. The predicted molar refractivity (Wildman–Crippen MR) is 128 cm³/mol. The molecule has 2 aliphatic carbocycles. The molecule has 0 aromatic heterocycles. The van der Waals surface area contributed by atoms with Gasteiger partial charge in [0, 0.05) is 32.1 Å². The van der Waals surface area contributed by atoms with Crippen LogP contribution in [0.25, 0.3) is 0 Å². The van der Waals surface area contributed by atoms with E-state index in [2.05, 4.69) is 20.6 Å². The molecule has 1 saturated carbocycles. The van der Waals surface area contributed by atoms with Crippen LogP contribution in [0, 0.1) is 29.4 Å². The standard InChI is InChI=1S/C26H23F2N5O3/c1-33-12-18(16-6-7-30-22(16)25(33)34)17-8-14(11-29-10-13-2-3-13)21-23(32-26(35)31-21)24(17)36-20-5-4-15(27)9-19(20)28/h4-9,12-13,16-17,29H,2-3,10-11H2,1H3,(H,32,35). The minimum atomic E-state index is -0.876. The lowest BCUT2D eigenvalue weighted by molar-refractivity contribution is -0.121. The van der Waals surface area contributed by atoms with Gasteiger partial charge in [0.1, 0.15) is 28.7 Å². The van der Waals surface area contributed by atoms with E-state index >= 15 is 0 Å². The van der Waals surface area contributed by atoms with Crippen molar-refractivity contribution in [3.63, 3.8) is 0 Å². The molecule has 2 N–H and O–H groups in total. The Labute approximate surface area is 205 Å². The zero-order chi connectivity index (χ0) is 25.0. The molecule has 0 radical (unpaired) electrons. The molecule has 0 saturated heterocycles. The quantitative estimate of drug-likeness (QED) is 0.613. The molecule has 0 bridgehead atoms. The second kappa shape index (κ2) is 8.63. The summed E-state index contributed by atoms with van der Waals surface area (Å²) in [6.07, 6.45) is 9.47. The Morgan fingerprint density at radius 1 is 1.22 bits per heavy atom. The van der Waals surface area contributed by atoms with E-state index in [1.165, 1.54) is 23.8 Å². The van der Waals surface area contributed by atoms with Crippen LogP contribution in [0.1, 0.15) is 12.8 Å². The first-order valence-electron chi connectivity index (χ1n) is 11.8. The number of ether oxygens (including phenoxy) is 1. The maximum atomic E-state index is 14.6. The average molecular weight is 491 g/mol. The van der Waals surface area contributed by atoms with E-state index in [0.717, 1.165) is 29.8 Å². The summed E-state index contributed by atoms with van der Waals surface area (Å²) in [4.78, 5) is 34.9. The number of fused-ring (bicyclic) bond motifs is 2. The Morgan fingerprint density at radius 3 is 2.83 bits per heavy atom. The monoisotopic (exact) mass is 491 g/mol. The third-order valence-electron chi connectivity index (χ3n) is 6.83. The van der Waals surface area contributed by atoms with Gasteiger partial charge in [-0.15, -0.1) is 0 Å². The number of hydrogen-bond donors (Lipinski definition) is 2. The summed E-state index contributed by atoms with van der Waals surface area (Å²) >= 11 is 0. The first-order chi connectivity index (χ1) is 17.4. The number of aliphatic imine (C=N–C) groups is 2. The molecule has 36 heavy (non-hydrogen) atoms. The second-order valence-corrected chi connectivity index (χ2v) is 9.43. The molecule has 3 amide bonds. The van der Waals surface area contributed by atoms with E-state index in [-0.39, 0.29) is 17.4 Å². The lowest BCUT2D eigenvalue weighted by atomic mass is 9.78. The van der Waals surface area contributed by atoms with Gasteiger partial charge in [-0.2, -0.15) is 4.99 Å². The van der Waals surface area contributed by atoms with Gasteiger partial charge in [0.25, 0.3) is 5.91 Å². The van der Waals surface area contributed by atoms with Gasteiger partial charge >= 0.3 is 6.03 Å². The first-order valence-corrected chi connectivity index (χ1v) is 11.8. The SMILES string of the molecule is CN1C=C(C2C=C(CNCC3CC3)C3=NC(=O)NC3=C2Oc2ccc(F)cc2F)C2C=CN=C2C1=O. The fraction of sp³-hybridized carbons (Fsp3) is 0.308. The molecule has 6 rings (SSSR count). The van der Waals surface area contributed by atoms with Crippen LogP contribution in [-0.2, 0) is 4.79 Å². The Kier molecular flexibility index (Phi) is 5.40. The molecular formula is C26H23F2N5O3. The summed E-state index contributed by atoms with van der Waals surface area (Å²) < 4.78 is 34.2. The molecule has 10 heteroatoms. The second-order valence-electron chi connectivity index (χ2n) is 9.43. The normalized spacial score (nSPS) is 24.7. The first kappa shape index (κ1) is 22.5. The molecule has 5 aliphatic rings. The number of urea groups is 1. The smallest absolute Gasteiger partial charge is 0.346 e. The van der Waals surface area contributed by atoms with Gasteiger partial charge in [-0.25, -0.2) is 13.6 Å². The Morgan fingerprint density at radius 2 is 2.06 bits per heavy atom. The number of halogens is 2. The van der Waals surface area contributed by atoms with Crippen molar-refractivity contribution >= 4 is 23.4 Å². The van der Waals surface area contributed by atoms with E-state index in [0.29, 0.717) is 29.6 Å². The van der Waals surface area contributed by atoms with Crippen molar-refractivity contribution in [3.8, 4) is 5.75 Å². The molecule has 2 unspecified atom stereocenters. The van der Waals surface area contributed by atoms with Crippen LogP contribution in [0.3, 0.4) is 0 Å². The summed E-state index contributed by atoms with van der Waals surface area (Å²) in [6, 6.07) is 2.48. The van der Waals surface area contributed by atoms with E-state index < -0.39 is 29.5 Å². The Balaban J connectivity index is 1.44. The Bertz CT molecular complexity index is 1370. The lowest BCUT2D eigenvalue weighted by Gasteiger charge is -2.34. The molecular weight excluding hydrogens is 468 g/mol. The van der Waals surface area contributed by atoms with Crippen LogP contribution in [0.5, 0.6) is 5.75 Å². The highest BCUT2D eigenvalue weighted by Gasteiger charge is 2.42. The predicted octanol–water partition coefficient (Wildman–Crippen LogP) is 3.22. The highest BCUT2D eigenvalue weighted by atomic mass is 19.1. The van der Waals surface area contributed by atoms with Gasteiger partial charge in [-0.3, -0.25) is 9.79 Å². The largest absolute Gasteiger partial charge is 0.455 e. The Hall–Kier alpha value is -3.92. The van der Waals surface area contributed by atoms with Crippen molar-refractivity contribution in [2.24, 2.45) is 27.7 Å². The summed E-state index contributed by atoms with van der Waals surface area (Å²) in [5.41, 5.74) is 2.70. The third kappa shape index (κ3) is 3.97. The van der Waals surface area contributed by atoms with Crippen LogP contribution in [0.15, 0.2) is 75.3 Å². The number of amides is 3. The number of nitrogens with zero attached hydrogens (tertiary/aromatic N) is 3. The van der Waals surface area contributed by atoms with Crippen LogP contribution in [0.4, 0.5) is 13.6 Å². The number of rotatable bonds is 7. The summed E-state index contributed by atoms with van der Waals surface area (Å²) in [7, 11) is 1.64. The van der Waals surface area contributed by atoms with Gasteiger partial charge in [0.2, 0.25) is 0 Å². The number of carbonyl (C=O) groups excluding carboxylic acids is 2. The molecule has 184 valence electrons. The molecule has 3 heterocycles. The molecule has 3 aliphatic heterocycles. The third-order valence-corrected chi connectivity index (χ3v) is 6.83. The van der Waals surface area contributed by atoms with Gasteiger partial charge < -0.3 is 20.3 Å². The van der Waals surface area contributed by atoms with Gasteiger partial charge in [-0.05, 0) is 48.6 Å². The molecule has 1 aromatic rings. The zero-order valence-electron chi connectivity index (χ0n) is 19.4. The van der Waals surface area contributed by atoms with Gasteiger partial charge in [0.15, 0.2) is 11.6 Å². The summed E-state index contributed by atoms with van der Waals surface area (Å²) in [5, 5.41) is 6.17. The maximum absolute atomic E-state index is 14.6. The molecule has 8 nitrogen and oxygen atoms in total. The van der Waals surface area contributed by atoms with Crippen LogP contribution in [-0.4, -0.2) is 48.4 Å². The number of allylic oxidation sites excluding steroid dienone is 3. The van der Waals surface area contributed by atoms with Gasteiger partial charge in [-0.1, -0.05) is 12.2 Å². The van der Waals surface area contributed by atoms with Crippen molar-refractivity contribution in [3.05, 3.63) is 77.0 Å². The number of nitrogens with one attached hydrogen (secondary N) is 2. The maximum Gasteiger partial charge on any atom is 0.346 e. The van der Waals surface area contributed by atoms with E-state index in [1.54, 1.807) is 19.4 Å². The van der Waals surface area contributed by atoms with Gasteiger partial charge in [0.05, 0.1) is 11.8 Å². The molecule has 2 atom stereocenters. The van der Waals surface area contributed by atoms with Crippen LogP contribution in [0.2, 0.25) is 0 Å². The minimum absolute atomic E-state index is 0.190. The average Bonchev–Trinajstić information content (AvgIpc) is 3.37. The highest BCUT2D eigenvalue weighted by Crippen LogP contribution is 2.41. The van der Waals surface area contributed by atoms with E-state index in [1.807, 2.05) is 12.2 Å². The lowest BCUT2D eigenvalue weighted by Crippen LogP contribution is -2.41. The fourth-order valence-electron chi connectivity index (χ4n) is 4.84. The number of benzene rings is 1. The van der Waals surface area contributed by atoms with Crippen molar-refractivity contribution in [2.45, 2.75) is 12.8 Å². The number of carbonyl (C=O) groups is 2. The molecule has 1 aromatic carbocycles. The van der Waals surface area contributed by atoms with Crippen LogP contribution < -0.4 is 15.4 Å². The van der Waals surface area contributed by atoms with Crippen molar-refractivity contribution in [1.82, 2.24) is 15.5 Å². The summed E-state index contributed by atoms with van der Waals surface area (Å²) in [6.45, 7) is 1.34. The zero-order valence-corrected chi connectivity index (χ0v) is 19.4.